The monoisotopic (exact) mass is 794 g/mol. The second-order valence-corrected chi connectivity index (χ2v) is 17.8. The number of anilines is 3. The summed E-state index contributed by atoms with van der Waals surface area (Å²) in [6.07, 6.45) is 4.52. The molecule has 0 saturated carbocycles. The van der Waals surface area contributed by atoms with E-state index in [1.54, 1.807) is 13.2 Å². The van der Waals surface area contributed by atoms with Gasteiger partial charge in [0.2, 0.25) is 10.0 Å². The maximum Gasteiger partial charge on any atom is 0.318 e. The first-order valence-corrected chi connectivity index (χ1v) is 21.6. The quantitative estimate of drug-likeness (QED) is 0.167. The predicted molar refractivity (Wildman–Crippen MR) is 211 cm³/mol. The number of methoxy groups -OCH3 is 1. The SMILES string of the molecule is CCc1c(F)ccc2cc(OCOC)cc(N3CCc4c(nc(OC[C@@]56CCCN5C[C@H](F)C6)nc4N4CCCn5nc(N(C(C)C)S(C)(=O)=O)cc5C4)C3)c12. The van der Waals surface area contributed by atoms with Gasteiger partial charge >= 0.3 is 6.01 Å². The molecule has 0 N–H and O–H groups in total. The molecule has 4 aliphatic heterocycles. The molecule has 56 heavy (non-hydrogen) atoms. The van der Waals surface area contributed by atoms with Crippen molar-refractivity contribution in [3.63, 3.8) is 0 Å². The minimum absolute atomic E-state index is 0.0783. The normalized spacial score (nSPS) is 21.3. The van der Waals surface area contributed by atoms with Crippen LogP contribution in [0.1, 0.15) is 69.0 Å². The first kappa shape index (κ1) is 38.6. The Balaban J connectivity index is 1.18. The number of alkyl halides is 1. The van der Waals surface area contributed by atoms with Crippen LogP contribution in [0.3, 0.4) is 0 Å². The molecule has 16 heteroatoms. The molecule has 2 saturated heterocycles. The van der Waals surface area contributed by atoms with Crippen LogP contribution in [0.15, 0.2) is 30.3 Å². The zero-order valence-corrected chi connectivity index (χ0v) is 33.7. The molecule has 13 nitrogen and oxygen atoms in total. The van der Waals surface area contributed by atoms with Crippen molar-refractivity contribution in [2.75, 3.05) is 67.0 Å². The van der Waals surface area contributed by atoms with Crippen molar-refractivity contribution in [2.45, 2.75) is 96.7 Å². The van der Waals surface area contributed by atoms with Crippen LogP contribution in [-0.2, 0) is 47.2 Å². The number of hydrogen-bond acceptors (Lipinski definition) is 11. The van der Waals surface area contributed by atoms with E-state index in [1.165, 1.54) is 16.6 Å². The van der Waals surface area contributed by atoms with E-state index < -0.39 is 16.2 Å². The van der Waals surface area contributed by atoms with Gasteiger partial charge in [-0.1, -0.05) is 13.0 Å². The number of rotatable bonds is 12. The van der Waals surface area contributed by atoms with Gasteiger partial charge in [-0.2, -0.15) is 15.1 Å². The van der Waals surface area contributed by atoms with Crippen LogP contribution in [0.5, 0.6) is 11.8 Å². The third-order valence-corrected chi connectivity index (χ3v) is 13.1. The lowest BCUT2D eigenvalue weighted by atomic mass is 9.95. The predicted octanol–water partition coefficient (Wildman–Crippen LogP) is 5.61. The van der Waals surface area contributed by atoms with Crippen molar-refractivity contribution in [3.8, 4) is 11.8 Å². The summed E-state index contributed by atoms with van der Waals surface area (Å²) in [6.45, 7) is 10.1. The second kappa shape index (κ2) is 15.2. The molecule has 0 spiro atoms. The Labute approximate surface area is 327 Å². The molecule has 4 aliphatic rings. The van der Waals surface area contributed by atoms with E-state index in [1.807, 2.05) is 43.7 Å². The lowest BCUT2D eigenvalue weighted by Crippen LogP contribution is -2.43. The average Bonchev–Trinajstić information content (AvgIpc) is 3.77. The molecular formula is C40H52F2N8O5S. The molecule has 0 amide bonds. The molecule has 0 unspecified atom stereocenters. The summed E-state index contributed by atoms with van der Waals surface area (Å²) in [5.74, 6) is 1.54. The molecule has 302 valence electrons. The van der Waals surface area contributed by atoms with Gasteiger partial charge < -0.3 is 24.0 Å². The average molecular weight is 795 g/mol. The van der Waals surface area contributed by atoms with Gasteiger partial charge in [0, 0.05) is 74.5 Å². The van der Waals surface area contributed by atoms with E-state index in [4.69, 9.17) is 29.3 Å². The molecule has 4 aromatic rings. The number of fused-ring (bicyclic) bond motifs is 4. The molecule has 2 aromatic heterocycles. The Hall–Kier alpha value is -4.28. The molecule has 2 atom stereocenters. The molecule has 0 bridgehead atoms. The highest BCUT2D eigenvalue weighted by Gasteiger charge is 2.49. The van der Waals surface area contributed by atoms with Crippen LogP contribution in [-0.4, -0.2) is 104 Å². The Morgan fingerprint density at radius 2 is 1.88 bits per heavy atom. The minimum atomic E-state index is -3.55. The molecule has 2 aromatic carbocycles. The van der Waals surface area contributed by atoms with Crippen molar-refractivity contribution in [1.82, 2.24) is 24.6 Å². The molecule has 0 radical (unpaired) electrons. The number of halogens is 2. The molecule has 6 heterocycles. The van der Waals surface area contributed by atoms with Crippen LogP contribution in [0.2, 0.25) is 0 Å². The van der Waals surface area contributed by atoms with Crippen LogP contribution in [0.4, 0.5) is 26.1 Å². The summed E-state index contributed by atoms with van der Waals surface area (Å²) in [7, 11) is -1.98. The highest BCUT2D eigenvalue weighted by molar-refractivity contribution is 7.92. The number of aromatic nitrogens is 4. The lowest BCUT2D eigenvalue weighted by molar-refractivity contribution is 0.0512. The number of hydrogen-bond donors (Lipinski definition) is 0. The maximum absolute atomic E-state index is 15.4. The molecular weight excluding hydrogens is 743 g/mol. The highest BCUT2D eigenvalue weighted by atomic mass is 32.2. The van der Waals surface area contributed by atoms with Crippen molar-refractivity contribution in [1.29, 1.82) is 0 Å². The molecule has 0 aliphatic carbocycles. The Bertz CT molecular complexity index is 2220. The maximum atomic E-state index is 15.4. The number of nitrogens with zero attached hydrogens (tertiary/aromatic N) is 8. The highest BCUT2D eigenvalue weighted by Crippen LogP contribution is 2.42. The van der Waals surface area contributed by atoms with Gasteiger partial charge in [-0.05, 0) is 75.6 Å². The fourth-order valence-corrected chi connectivity index (χ4v) is 10.6. The Kier molecular flexibility index (Phi) is 10.5. The van der Waals surface area contributed by atoms with E-state index in [2.05, 4.69) is 14.7 Å². The van der Waals surface area contributed by atoms with Crippen molar-refractivity contribution < 1.29 is 31.4 Å². The summed E-state index contributed by atoms with van der Waals surface area (Å²) in [6, 6.07) is 8.99. The van der Waals surface area contributed by atoms with Crippen molar-refractivity contribution in [2.24, 2.45) is 0 Å². The minimum Gasteiger partial charge on any atom is -0.467 e. The van der Waals surface area contributed by atoms with Crippen LogP contribution < -0.4 is 23.6 Å². The summed E-state index contributed by atoms with van der Waals surface area (Å²) in [5, 5.41) is 6.47. The van der Waals surface area contributed by atoms with E-state index >= 15 is 4.39 Å². The summed E-state index contributed by atoms with van der Waals surface area (Å²) in [5.41, 5.74) is 3.81. The van der Waals surface area contributed by atoms with Gasteiger partial charge in [-0.3, -0.25) is 9.58 Å². The van der Waals surface area contributed by atoms with Gasteiger partial charge in [-0.25, -0.2) is 21.5 Å². The topological polar surface area (TPSA) is 118 Å². The number of benzene rings is 2. The third-order valence-electron chi connectivity index (χ3n) is 11.8. The van der Waals surface area contributed by atoms with E-state index in [0.29, 0.717) is 82.3 Å². The van der Waals surface area contributed by atoms with Crippen LogP contribution >= 0.6 is 0 Å². The Morgan fingerprint density at radius 1 is 1.04 bits per heavy atom. The van der Waals surface area contributed by atoms with Crippen LogP contribution in [0.25, 0.3) is 10.8 Å². The standard InChI is InChI=1S/C40H52F2N8O5S/c1-6-31-33(42)10-9-27-17-30(55-25-53-4)19-35(37(27)31)46-16-11-32-34(23-46)43-39(54-24-40-12-7-14-48(40)21-28(41)20-40)44-38(32)47-13-8-15-49-29(22-47)18-36(45-49)50(26(2)3)56(5,51)52/h9-10,17-19,26,28H,6-8,11-16,20-25H2,1-5H3/t28-,40+/m1/s1. The fraction of sp³-hybridized carbons (Fsp3) is 0.575. The summed E-state index contributed by atoms with van der Waals surface area (Å²) >= 11 is 0. The first-order valence-electron chi connectivity index (χ1n) is 19.7. The lowest BCUT2D eigenvalue weighted by Gasteiger charge is -2.35. The second-order valence-electron chi connectivity index (χ2n) is 15.9. The zero-order valence-electron chi connectivity index (χ0n) is 32.9. The van der Waals surface area contributed by atoms with Gasteiger partial charge in [0.1, 0.15) is 30.2 Å². The van der Waals surface area contributed by atoms with Gasteiger partial charge in [0.15, 0.2) is 12.6 Å². The number of sulfonamides is 1. The van der Waals surface area contributed by atoms with Gasteiger partial charge in [0.05, 0.1) is 36.3 Å². The van der Waals surface area contributed by atoms with Gasteiger partial charge in [0.25, 0.3) is 0 Å². The van der Waals surface area contributed by atoms with Crippen LogP contribution in [0, 0.1) is 5.82 Å². The first-order chi connectivity index (χ1) is 26.9. The molecule has 2 fully saturated rings. The summed E-state index contributed by atoms with van der Waals surface area (Å²) in [4.78, 5) is 16.8. The van der Waals surface area contributed by atoms with E-state index in [0.717, 1.165) is 65.0 Å². The number of aryl methyl sites for hydroxylation is 2. The van der Waals surface area contributed by atoms with Crippen molar-refractivity contribution in [3.05, 3.63) is 58.7 Å². The number of ether oxygens (including phenoxy) is 3. The van der Waals surface area contributed by atoms with Gasteiger partial charge in [-0.15, -0.1) is 0 Å². The fourth-order valence-electron chi connectivity index (χ4n) is 9.39. The Morgan fingerprint density at radius 3 is 2.64 bits per heavy atom. The smallest absolute Gasteiger partial charge is 0.318 e. The van der Waals surface area contributed by atoms with E-state index in [-0.39, 0.29) is 30.2 Å². The third kappa shape index (κ3) is 7.23. The molecule has 8 rings (SSSR count). The summed E-state index contributed by atoms with van der Waals surface area (Å²) < 4.78 is 76.6. The zero-order chi connectivity index (χ0) is 39.4. The van der Waals surface area contributed by atoms with E-state index in [9.17, 15) is 12.8 Å². The van der Waals surface area contributed by atoms with Crippen molar-refractivity contribution >= 4 is 38.1 Å². The largest absolute Gasteiger partial charge is 0.467 e.